The number of nitrogens with zero attached hydrogens (tertiary/aromatic N) is 3. The van der Waals surface area contributed by atoms with Gasteiger partial charge in [-0.15, -0.1) is 0 Å². The SMILES string of the molecule is COc1cccc(/C=c2/sc3n(c2=O)CN(c2ccc4c(c2)OCO4)CN=3)c1. The van der Waals surface area contributed by atoms with E-state index < -0.39 is 0 Å². The van der Waals surface area contributed by atoms with Gasteiger partial charge in [0.2, 0.25) is 6.79 Å². The van der Waals surface area contributed by atoms with Gasteiger partial charge in [-0.05, 0) is 35.9 Å². The number of methoxy groups -OCH3 is 1. The fourth-order valence-electron chi connectivity index (χ4n) is 3.24. The summed E-state index contributed by atoms with van der Waals surface area (Å²) in [4.78, 5) is 20.3. The Morgan fingerprint density at radius 3 is 2.96 bits per heavy atom. The van der Waals surface area contributed by atoms with E-state index in [1.165, 1.54) is 11.3 Å². The summed E-state index contributed by atoms with van der Waals surface area (Å²) in [5.74, 6) is 2.21. The van der Waals surface area contributed by atoms with Crippen molar-refractivity contribution in [2.75, 3.05) is 25.5 Å². The molecule has 0 bridgehead atoms. The second-order valence-corrected chi connectivity index (χ2v) is 7.43. The summed E-state index contributed by atoms with van der Waals surface area (Å²) in [7, 11) is 1.63. The van der Waals surface area contributed by atoms with Crippen molar-refractivity contribution >= 4 is 23.1 Å². The first-order valence-corrected chi connectivity index (χ1v) is 9.57. The summed E-state index contributed by atoms with van der Waals surface area (Å²) in [5, 5.41) is 0. The lowest BCUT2D eigenvalue weighted by molar-refractivity contribution is 0.174. The van der Waals surface area contributed by atoms with E-state index in [0.717, 1.165) is 27.6 Å². The molecule has 0 unspecified atom stereocenters. The highest BCUT2D eigenvalue weighted by Crippen LogP contribution is 2.35. The zero-order chi connectivity index (χ0) is 19.1. The van der Waals surface area contributed by atoms with E-state index in [4.69, 9.17) is 14.2 Å². The van der Waals surface area contributed by atoms with Gasteiger partial charge in [-0.1, -0.05) is 23.5 Å². The Morgan fingerprint density at radius 1 is 1.18 bits per heavy atom. The largest absolute Gasteiger partial charge is 0.497 e. The van der Waals surface area contributed by atoms with Crippen molar-refractivity contribution in [1.82, 2.24) is 4.57 Å². The predicted octanol–water partition coefficient (Wildman–Crippen LogP) is 1.53. The Kier molecular flexibility index (Phi) is 4.05. The van der Waals surface area contributed by atoms with E-state index in [0.29, 0.717) is 23.6 Å². The number of fused-ring (bicyclic) bond motifs is 2. The summed E-state index contributed by atoms with van der Waals surface area (Å²) >= 11 is 1.40. The molecule has 3 aromatic rings. The van der Waals surface area contributed by atoms with E-state index >= 15 is 0 Å². The molecule has 0 fully saturated rings. The maximum absolute atomic E-state index is 12.9. The molecule has 1 aromatic heterocycles. The van der Waals surface area contributed by atoms with Crippen molar-refractivity contribution in [3.05, 3.63) is 67.7 Å². The van der Waals surface area contributed by atoms with Gasteiger partial charge in [0.1, 0.15) is 19.1 Å². The zero-order valence-electron chi connectivity index (χ0n) is 15.1. The van der Waals surface area contributed by atoms with Crippen LogP contribution in [0.15, 0.2) is 52.3 Å². The van der Waals surface area contributed by atoms with Crippen LogP contribution in [0.4, 0.5) is 5.69 Å². The van der Waals surface area contributed by atoms with E-state index in [2.05, 4.69) is 4.99 Å². The molecule has 0 spiro atoms. The van der Waals surface area contributed by atoms with Crippen LogP contribution >= 0.6 is 11.3 Å². The molecule has 142 valence electrons. The molecule has 3 heterocycles. The van der Waals surface area contributed by atoms with Gasteiger partial charge >= 0.3 is 0 Å². The summed E-state index contributed by atoms with van der Waals surface area (Å²) < 4.78 is 18.4. The highest BCUT2D eigenvalue weighted by atomic mass is 32.1. The molecule has 0 amide bonds. The lowest BCUT2D eigenvalue weighted by Crippen LogP contribution is -2.42. The molecule has 2 aliphatic rings. The van der Waals surface area contributed by atoms with E-state index in [9.17, 15) is 4.79 Å². The Labute approximate surface area is 164 Å². The van der Waals surface area contributed by atoms with Crippen molar-refractivity contribution in [2.45, 2.75) is 6.67 Å². The molecule has 2 aromatic carbocycles. The number of hydrogen-bond acceptors (Lipinski definition) is 7. The summed E-state index contributed by atoms with van der Waals surface area (Å²) in [6.45, 7) is 1.17. The standard InChI is InChI=1S/C20H17N3O4S/c1-25-15-4-2-3-13(7-15)8-18-19(24)23-11-22(10-21-20(23)28-18)14-5-6-16-17(9-14)27-12-26-16/h2-9H,10-12H2,1H3/b18-8+. The smallest absolute Gasteiger partial charge is 0.271 e. The van der Waals surface area contributed by atoms with Gasteiger partial charge in [0, 0.05) is 11.8 Å². The van der Waals surface area contributed by atoms with Crippen molar-refractivity contribution in [3.63, 3.8) is 0 Å². The molecule has 0 saturated carbocycles. The monoisotopic (exact) mass is 395 g/mol. The summed E-state index contributed by atoms with van der Waals surface area (Å²) in [6.07, 6.45) is 1.88. The number of ether oxygens (including phenoxy) is 3. The average Bonchev–Trinajstić information content (AvgIpc) is 3.32. The molecule has 7 nitrogen and oxygen atoms in total. The fraction of sp³-hybridized carbons (Fsp3) is 0.200. The van der Waals surface area contributed by atoms with Gasteiger partial charge in [0.15, 0.2) is 16.3 Å². The van der Waals surface area contributed by atoms with Crippen LogP contribution in [0.2, 0.25) is 0 Å². The molecule has 0 radical (unpaired) electrons. The minimum atomic E-state index is -0.0444. The Balaban J connectivity index is 1.49. The zero-order valence-corrected chi connectivity index (χ0v) is 15.9. The minimum absolute atomic E-state index is 0.0444. The molecule has 0 N–H and O–H groups in total. The molecule has 0 atom stereocenters. The summed E-state index contributed by atoms with van der Waals surface area (Å²) in [6, 6.07) is 13.4. The molecule has 0 saturated heterocycles. The third kappa shape index (κ3) is 2.91. The van der Waals surface area contributed by atoms with Crippen molar-refractivity contribution < 1.29 is 14.2 Å². The average molecular weight is 395 g/mol. The molecule has 8 heteroatoms. The number of thiazole rings is 1. The predicted molar refractivity (Wildman–Crippen MR) is 106 cm³/mol. The van der Waals surface area contributed by atoms with Gasteiger partial charge in [-0.25, -0.2) is 4.99 Å². The van der Waals surface area contributed by atoms with Crippen molar-refractivity contribution in [3.8, 4) is 17.2 Å². The van der Waals surface area contributed by atoms with Gasteiger partial charge in [-0.2, -0.15) is 0 Å². The van der Waals surface area contributed by atoms with Gasteiger partial charge < -0.3 is 19.1 Å². The van der Waals surface area contributed by atoms with Crippen molar-refractivity contribution in [2.24, 2.45) is 4.99 Å². The first kappa shape index (κ1) is 16.9. The van der Waals surface area contributed by atoms with Crippen LogP contribution in [-0.4, -0.2) is 25.1 Å². The minimum Gasteiger partial charge on any atom is -0.497 e. The second-order valence-electron chi connectivity index (χ2n) is 6.42. The van der Waals surface area contributed by atoms with Crippen LogP contribution in [0.3, 0.4) is 0 Å². The maximum Gasteiger partial charge on any atom is 0.271 e. The van der Waals surface area contributed by atoms with Crippen LogP contribution in [0.5, 0.6) is 17.2 Å². The molecule has 28 heavy (non-hydrogen) atoms. The molecule has 0 aliphatic carbocycles. The number of anilines is 1. The van der Waals surface area contributed by atoms with Crippen molar-refractivity contribution in [1.29, 1.82) is 0 Å². The van der Waals surface area contributed by atoms with E-state index in [1.807, 2.05) is 53.4 Å². The lowest BCUT2D eigenvalue weighted by atomic mass is 10.2. The van der Waals surface area contributed by atoms with Crippen LogP contribution < -0.4 is 34.0 Å². The lowest BCUT2D eigenvalue weighted by Gasteiger charge is -2.25. The topological polar surface area (TPSA) is 65.3 Å². The number of hydrogen-bond donors (Lipinski definition) is 0. The van der Waals surface area contributed by atoms with Gasteiger partial charge in [-0.3, -0.25) is 9.36 Å². The number of benzene rings is 2. The quantitative estimate of drug-likeness (QED) is 0.673. The molecular formula is C20H17N3O4S. The Hall–Kier alpha value is -3.26. The first-order valence-electron chi connectivity index (χ1n) is 8.76. The second kappa shape index (κ2) is 6.72. The normalized spacial score (nSPS) is 15.3. The number of aromatic nitrogens is 1. The van der Waals surface area contributed by atoms with E-state index in [1.54, 1.807) is 11.7 Å². The third-order valence-corrected chi connectivity index (χ3v) is 5.73. The first-order chi connectivity index (χ1) is 13.7. The van der Waals surface area contributed by atoms with Gasteiger partial charge in [0.05, 0.1) is 11.6 Å². The Bertz CT molecular complexity index is 1230. The number of rotatable bonds is 3. The van der Waals surface area contributed by atoms with Gasteiger partial charge in [0.25, 0.3) is 5.56 Å². The van der Waals surface area contributed by atoms with Crippen LogP contribution in [0, 0.1) is 0 Å². The van der Waals surface area contributed by atoms with E-state index in [-0.39, 0.29) is 12.4 Å². The van der Waals surface area contributed by atoms with Crippen LogP contribution in [0.25, 0.3) is 6.08 Å². The van der Waals surface area contributed by atoms with Crippen LogP contribution in [-0.2, 0) is 6.67 Å². The molecule has 5 rings (SSSR count). The van der Waals surface area contributed by atoms with Crippen LogP contribution in [0.1, 0.15) is 5.56 Å². The summed E-state index contributed by atoms with van der Waals surface area (Å²) in [5.41, 5.74) is 1.82. The third-order valence-electron chi connectivity index (χ3n) is 4.69. The highest BCUT2D eigenvalue weighted by Gasteiger charge is 2.19. The molecular weight excluding hydrogens is 378 g/mol. The molecule has 2 aliphatic heterocycles. The highest BCUT2D eigenvalue weighted by molar-refractivity contribution is 7.07. The maximum atomic E-state index is 12.9. The Morgan fingerprint density at radius 2 is 2.07 bits per heavy atom. The fourth-order valence-corrected chi connectivity index (χ4v) is 4.20.